The predicted octanol–water partition coefficient (Wildman–Crippen LogP) is 6.36. The van der Waals surface area contributed by atoms with Gasteiger partial charge in [0.1, 0.15) is 6.10 Å². The van der Waals surface area contributed by atoms with E-state index in [9.17, 15) is 19.0 Å². The van der Waals surface area contributed by atoms with Crippen LogP contribution in [0.5, 0.6) is 0 Å². The summed E-state index contributed by atoms with van der Waals surface area (Å²) in [5, 5.41) is 21.2. The van der Waals surface area contributed by atoms with E-state index in [0.717, 1.165) is 64.7 Å². The summed E-state index contributed by atoms with van der Waals surface area (Å²) in [5.74, 6) is -1.44. The molecule has 4 aliphatic rings. The highest BCUT2D eigenvalue weighted by Gasteiger charge is 2.61. The number of hydrogen-bond acceptors (Lipinski definition) is 2. The van der Waals surface area contributed by atoms with E-state index in [1.165, 1.54) is 5.57 Å². The summed E-state index contributed by atoms with van der Waals surface area (Å²) < 4.78 is 27.8. The van der Waals surface area contributed by atoms with Crippen molar-refractivity contribution in [2.45, 2.75) is 110 Å². The van der Waals surface area contributed by atoms with Gasteiger partial charge >= 0.3 is 0 Å². The highest BCUT2D eigenvalue weighted by atomic mass is 19.3. The zero-order chi connectivity index (χ0) is 22.1. The van der Waals surface area contributed by atoms with Crippen LogP contribution in [0.1, 0.15) is 92.4 Å². The quantitative estimate of drug-likeness (QED) is 0.516. The fourth-order valence-corrected chi connectivity index (χ4v) is 8.60. The van der Waals surface area contributed by atoms with Crippen molar-refractivity contribution in [1.82, 2.24) is 0 Å². The molecule has 0 saturated heterocycles. The molecular formula is C26H42F2O2. The first kappa shape index (κ1) is 22.7. The maximum absolute atomic E-state index is 13.9. The van der Waals surface area contributed by atoms with Crippen LogP contribution in [-0.2, 0) is 0 Å². The number of aliphatic hydroxyl groups is 2. The molecule has 4 aliphatic carbocycles. The van der Waals surface area contributed by atoms with E-state index in [-0.39, 0.29) is 22.7 Å². The molecule has 0 aromatic heterocycles. The van der Waals surface area contributed by atoms with Crippen molar-refractivity contribution in [1.29, 1.82) is 0 Å². The van der Waals surface area contributed by atoms with Crippen LogP contribution in [0, 0.1) is 40.4 Å². The Morgan fingerprint density at radius 2 is 1.83 bits per heavy atom. The molecule has 0 spiro atoms. The van der Waals surface area contributed by atoms with E-state index in [2.05, 4.69) is 26.8 Å². The highest BCUT2D eigenvalue weighted by molar-refractivity contribution is 5.27. The molecule has 0 unspecified atom stereocenters. The summed E-state index contributed by atoms with van der Waals surface area (Å²) in [7, 11) is 0. The van der Waals surface area contributed by atoms with Gasteiger partial charge in [0.25, 0.3) is 5.92 Å². The molecule has 0 aromatic carbocycles. The highest BCUT2D eigenvalue weighted by Crippen LogP contribution is 2.68. The number of alkyl halides is 2. The summed E-state index contributed by atoms with van der Waals surface area (Å²) in [4.78, 5) is 0. The standard InChI is InChI=1S/C26H42F2O2/c1-6-26(30)14-13-23(3)17(15-26)7-8-18-20-10-9-19(16(2)22(29)25(5,27)28)24(20,4)12-11-21(18)23/h7,16,18-22,29-30H,6,8-15H2,1-5H3/t16-,18-,19+,20-,21-,22+,23-,24+,26-/m0/s1. The Bertz CT molecular complexity index is 700. The first-order valence-corrected chi connectivity index (χ1v) is 12.3. The minimum atomic E-state index is -3.04. The molecule has 4 rings (SSSR count). The molecule has 0 radical (unpaired) electrons. The molecule has 0 aliphatic heterocycles. The molecule has 3 fully saturated rings. The first-order valence-electron chi connectivity index (χ1n) is 12.3. The molecule has 4 heteroatoms. The smallest absolute Gasteiger partial charge is 0.270 e. The van der Waals surface area contributed by atoms with Crippen LogP contribution in [0.3, 0.4) is 0 Å². The third-order valence-electron chi connectivity index (χ3n) is 10.6. The summed E-state index contributed by atoms with van der Waals surface area (Å²) >= 11 is 0. The molecule has 0 amide bonds. The molecule has 9 atom stereocenters. The van der Waals surface area contributed by atoms with Crippen LogP contribution >= 0.6 is 0 Å². The van der Waals surface area contributed by atoms with Crippen molar-refractivity contribution < 1.29 is 19.0 Å². The Labute approximate surface area is 181 Å². The van der Waals surface area contributed by atoms with Gasteiger partial charge in [-0.3, -0.25) is 0 Å². The van der Waals surface area contributed by atoms with Crippen molar-refractivity contribution in [3.05, 3.63) is 11.6 Å². The van der Waals surface area contributed by atoms with Gasteiger partial charge in [-0.2, -0.15) is 0 Å². The fourth-order valence-electron chi connectivity index (χ4n) is 8.60. The van der Waals surface area contributed by atoms with E-state index in [0.29, 0.717) is 17.8 Å². The summed E-state index contributed by atoms with van der Waals surface area (Å²) in [6.07, 6.45) is 9.84. The molecule has 2 N–H and O–H groups in total. The monoisotopic (exact) mass is 424 g/mol. The van der Waals surface area contributed by atoms with Gasteiger partial charge in [0.2, 0.25) is 0 Å². The number of halogens is 2. The fraction of sp³-hybridized carbons (Fsp3) is 0.923. The maximum atomic E-state index is 13.9. The molecule has 30 heavy (non-hydrogen) atoms. The minimum absolute atomic E-state index is 0.0489. The summed E-state index contributed by atoms with van der Waals surface area (Å²) in [5.41, 5.74) is 1.18. The molecule has 0 aromatic rings. The average molecular weight is 425 g/mol. The second kappa shape index (κ2) is 7.27. The first-order chi connectivity index (χ1) is 13.9. The minimum Gasteiger partial charge on any atom is -0.390 e. The summed E-state index contributed by atoms with van der Waals surface area (Å²) in [6, 6.07) is 0. The van der Waals surface area contributed by atoms with Crippen molar-refractivity contribution in [3.63, 3.8) is 0 Å². The molecule has 172 valence electrons. The second-order valence-corrected chi connectivity index (χ2v) is 12.0. The van der Waals surface area contributed by atoms with E-state index in [1.54, 1.807) is 0 Å². The van der Waals surface area contributed by atoms with E-state index >= 15 is 0 Å². The van der Waals surface area contributed by atoms with Crippen LogP contribution in [0.15, 0.2) is 11.6 Å². The van der Waals surface area contributed by atoms with Crippen LogP contribution in [0.25, 0.3) is 0 Å². The lowest BCUT2D eigenvalue weighted by Gasteiger charge is -2.59. The number of rotatable bonds is 4. The lowest BCUT2D eigenvalue weighted by molar-refractivity contribution is -0.140. The van der Waals surface area contributed by atoms with Gasteiger partial charge < -0.3 is 10.2 Å². The van der Waals surface area contributed by atoms with Gasteiger partial charge in [0.15, 0.2) is 0 Å². The van der Waals surface area contributed by atoms with Gasteiger partial charge in [0.05, 0.1) is 5.60 Å². The molecule has 2 nitrogen and oxygen atoms in total. The van der Waals surface area contributed by atoms with Gasteiger partial charge in [-0.1, -0.05) is 39.3 Å². The number of fused-ring (bicyclic) bond motifs is 5. The number of aliphatic hydroxyl groups excluding tert-OH is 1. The maximum Gasteiger partial charge on any atom is 0.270 e. The largest absolute Gasteiger partial charge is 0.390 e. The Hall–Kier alpha value is -0.480. The van der Waals surface area contributed by atoms with Gasteiger partial charge in [0, 0.05) is 6.92 Å². The van der Waals surface area contributed by atoms with Crippen LogP contribution in [-0.4, -0.2) is 27.8 Å². The lowest BCUT2D eigenvalue weighted by atomic mass is 9.46. The van der Waals surface area contributed by atoms with E-state index < -0.39 is 17.6 Å². The van der Waals surface area contributed by atoms with Gasteiger partial charge in [-0.05, 0) is 98.2 Å². The molecular weight excluding hydrogens is 382 g/mol. The van der Waals surface area contributed by atoms with E-state index in [1.807, 2.05) is 6.92 Å². The van der Waals surface area contributed by atoms with Gasteiger partial charge in [-0.25, -0.2) is 8.78 Å². The number of hydrogen-bond donors (Lipinski definition) is 2. The molecule has 0 heterocycles. The zero-order valence-corrected chi connectivity index (χ0v) is 19.6. The normalized spacial score (nSPS) is 48.2. The average Bonchev–Trinajstić information content (AvgIpc) is 3.04. The van der Waals surface area contributed by atoms with Crippen molar-refractivity contribution in [2.75, 3.05) is 0 Å². The third kappa shape index (κ3) is 3.31. The lowest BCUT2D eigenvalue weighted by Crippen LogP contribution is -2.53. The molecule has 3 saturated carbocycles. The Morgan fingerprint density at radius 3 is 2.47 bits per heavy atom. The Morgan fingerprint density at radius 1 is 1.13 bits per heavy atom. The molecule has 0 bridgehead atoms. The Kier molecular flexibility index (Phi) is 5.50. The van der Waals surface area contributed by atoms with Crippen molar-refractivity contribution >= 4 is 0 Å². The van der Waals surface area contributed by atoms with Crippen LogP contribution < -0.4 is 0 Å². The van der Waals surface area contributed by atoms with Crippen molar-refractivity contribution in [3.8, 4) is 0 Å². The van der Waals surface area contributed by atoms with Crippen LogP contribution in [0.2, 0.25) is 0 Å². The third-order valence-corrected chi connectivity index (χ3v) is 10.6. The predicted molar refractivity (Wildman–Crippen MR) is 116 cm³/mol. The Balaban J connectivity index is 1.58. The topological polar surface area (TPSA) is 40.5 Å². The SMILES string of the molecule is CC[C@]1(O)CC[C@@]2(C)C(=CC[C@H]3[C@@H]4CC[C@H]([C@H](C)[C@@H](O)C(C)(F)F)[C@@]4(C)CC[C@@H]32)C1. The number of allylic oxidation sites excluding steroid dienone is 1. The summed E-state index contributed by atoms with van der Waals surface area (Å²) in [6.45, 7) is 9.56. The second-order valence-electron chi connectivity index (χ2n) is 12.0. The van der Waals surface area contributed by atoms with Crippen molar-refractivity contribution in [2.24, 2.45) is 40.4 Å². The van der Waals surface area contributed by atoms with Gasteiger partial charge in [-0.15, -0.1) is 0 Å². The van der Waals surface area contributed by atoms with E-state index in [4.69, 9.17) is 0 Å². The van der Waals surface area contributed by atoms with Crippen LogP contribution in [0.4, 0.5) is 8.78 Å². The zero-order valence-electron chi connectivity index (χ0n) is 19.6.